The molecule has 19 heavy (non-hydrogen) atoms. The summed E-state index contributed by atoms with van der Waals surface area (Å²) in [4.78, 5) is 10.7. The van der Waals surface area contributed by atoms with Crippen molar-refractivity contribution in [3.63, 3.8) is 0 Å². The summed E-state index contributed by atoms with van der Waals surface area (Å²) in [7, 11) is 0. The Morgan fingerprint density at radius 1 is 1.37 bits per heavy atom. The van der Waals surface area contributed by atoms with Crippen LogP contribution in [0.25, 0.3) is 0 Å². The van der Waals surface area contributed by atoms with Crippen molar-refractivity contribution in [2.45, 2.75) is 18.4 Å². The van der Waals surface area contributed by atoms with Crippen molar-refractivity contribution in [2.75, 3.05) is 0 Å². The quantitative estimate of drug-likeness (QED) is 0.744. The van der Waals surface area contributed by atoms with Gasteiger partial charge in [-0.25, -0.2) is 0 Å². The third-order valence-corrected chi connectivity index (χ3v) is 2.41. The van der Waals surface area contributed by atoms with Crippen molar-refractivity contribution >= 4 is 5.91 Å². The molecule has 2 unspecified atom stereocenters. The van der Waals surface area contributed by atoms with Crippen molar-refractivity contribution in [1.29, 1.82) is 5.26 Å². The van der Waals surface area contributed by atoms with E-state index < -0.39 is 35.4 Å². The maximum Gasteiger partial charge on any atom is 0.416 e. The number of carbonyl (C=O) groups is 1. The molecule has 0 heterocycles. The van der Waals surface area contributed by atoms with Crippen LogP contribution in [0, 0.1) is 11.3 Å². The highest BCUT2D eigenvalue weighted by atomic mass is 19.4. The molecule has 0 saturated carbocycles. The highest BCUT2D eigenvalue weighted by Gasteiger charge is 2.33. The third kappa shape index (κ3) is 3.21. The summed E-state index contributed by atoms with van der Waals surface area (Å²) in [6.45, 7) is 0. The number of primary amides is 1. The van der Waals surface area contributed by atoms with Crippen LogP contribution in [0.4, 0.5) is 13.2 Å². The number of nitriles is 1. The number of hydrogen-bond acceptors (Lipinski definition) is 4. The summed E-state index contributed by atoms with van der Waals surface area (Å²) in [6, 6.07) is 3.55. The molecule has 1 amide bonds. The smallest absolute Gasteiger partial charge is 0.385 e. The van der Waals surface area contributed by atoms with E-state index in [1.807, 2.05) is 0 Å². The van der Waals surface area contributed by atoms with Crippen LogP contribution in [0.1, 0.15) is 22.8 Å². The number of benzene rings is 1. The van der Waals surface area contributed by atoms with Crippen molar-refractivity contribution in [1.82, 2.24) is 0 Å². The number of nitrogens with two attached hydrogens (primary N) is 1. The minimum absolute atomic E-state index is 0.291. The van der Waals surface area contributed by atoms with Gasteiger partial charge in [0.2, 0.25) is 5.91 Å². The molecule has 102 valence electrons. The molecular formula is C11H9F3N2O3. The van der Waals surface area contributed by atoms with Gasteiger partial charge in [-0.05, 0) is 18.2 Å². The summed E-state index contributed by atoms with van der Waals surface area (Å²) in [5, 5.41) is 27.6. The summed E-state index contributed by atoms with van der Waals surface area (Å²) in [6.07, 6.45) is -8.79. The fraction of sp³-hybridized carbons (Fsp3) is 0.273. The Balaban J connectivity index is 3.32. The number of halogens is 3. The molecule has 0 fully saturated rings. The lowest BCUT2D eigenvalue weighted by molar-refractivity contribution is -0.137. The van der Waals surface area contributed by atoms with Gasteiger partial charge < -0.3 is 15.9 Å². The molecule has 0 radical (unpaired) electrons. The van der Waals surface area contributed by atoms with Crippen molar-refractivity contribution in [2.24, 2.45) is 5.73 Å². The Labute approximate surface area is 105 Å². The van der Waals surface area contributed by atoms with Gasteiger partial charge in [0, 0.05) is 5.56 Å². The summed E-state index contributed by atoms with van der Waals surface area (Å²) in [5.41, 5.74) is 2.82. The van der Waals surface area contributed by atoms with Crippen LogP contribution in [0.15, 0.2) is 18.2 Å². The van der Waals surface area contributed by atoms with Crippen LogP contribution in [-0.4, -0.2) is 22.2 Å². The van der Waals surface area contributed by atoms with E-state index in [0.717, 1.165) is 6.07 Å². The lowest BCUT2D eigenvalue weighted by atomic mass is 9.96. The lowest BCUT2D eigenvalue weighted by Gasteiger charge is -2.18. The largest absolute Gasteiger partial charge is 0.416 e. The number of alkyl halides is 3. The van der Waals surface area contributed by atoms with Crippen molar-refractivity contribution in [3.8, 4) is 6.07 Å². The highest BCUT2D eigenvalue weighted by Crippen LogP contribution is 2.32. The summed E-state index contributed by atoms with van der Waals surface area (Å²) in [5.74, 6) is -1.31. The minimum Gasteiger partial charge on any atom is -0.385 e. The predicted molar refractivity (Wildman–Crippen MR) is 56.3 cm³/mol. The van der Waals surface area contributed by atoms with Gasteiger partial charge in [0.15, 0.2) is 6.10 Å². The zero-order valence-electron chi connectivity index (χ0n) is 9.35. The topological polar surface area (TPSA) is 107 Å². The average molecular weight is 274 g/mol. The monoisotopic (exact) mass is 274 g/mol. The Hall–Kier alpha value is -2.11. The highest BCUT2D eigenvalue weighted by molar-refractivity contribution is 5.79. The average Bonchev–Trinajstić information content (AvgIpc) is 2.34. The van der Waals surface area contributed by atoms with Gasteiger partial charge in [-0.15, -0.1) is 0 Å². The maximum absolute atomic E-state index is 12.5. The van der Waals surface area contributed by atoms with Crippen molar-refractivity contribution < 1.29 is 28.2 Å². The lowest BCUT2D eigenvalue weighted by Crippen LogP contribution is -2.34. The van der Waals surface area contributed by atoms with Crippen molar-refractivity contribution in [3.05, 3.63) is 34.9 Å². The molecule has 0 aliphatic rings. The van der Waals surface area contributed by atoms with E-state index in [0.29, 0.717) is 12.1 Å². The predicted octanol–water partition coefficient (Wildman–Crippen LogP) is 0.457. The number of nitrogens with zero attached hydrogens (tertiary/aromatic N) is 1. The van der Waals surface area contributed by atoms with E-state index in [2.05, 4.69) is 0 Å². The van der Waals surface area contributed by atoms with Gasteiger partial charge in [0.1, 0.15) is 6.10 Å². The van der Waals surface area contributed by atoms with Crippen LogP contribution in [0.2, 0.25) is 0 Å². The zero-order chi connectivity index (χ0) is 14.8. The Morgan fingerprint density at radius 2 is 1.95 bits per heavy atom. The molecule has 0 aliphatic carbocycles. The zero-order valence-corrected chi connectivity index (χ0v) is 9.35. The first-order chi connectivity index (χ1) is 8.68. The second-order valence-electron chi connectivity index (χ2n) is 3.70. The molecule has 5 nitrogen and oxygen atoms in total. The number of aliphatic hydroxyl groups is 2. The molecule has 0 saturated heterocycles. The molecule has 2 atom stereocenters. The third-order valence-electron chi connectivity index (χ3n) is 2.41. The fourth-order valence-corrected chi connectivity index (χ4v) is 1.41. The molecule has 4 N–H and O–H groups in total. The Kier molecular flexibility index (Phi) is 4.14. The SMILES string of the molecule is N#Cc1ccc(C(F)(F)F)cc1C(O)C(O)C(N)=O. The van der Waals surface area contributed by atoms with Crippen LogP contribution in [-0.2, 0) is 11.0 Å². The first-order valence-electron chi connectivity index (χ1n) is 4.95. The Bertz CT molecular complexity index is 537. The molecule has 8 heteroatoms. The van der Waals surface area contributed by atoms with E-state index in [-0.39, 0.29) is 5.56 Å². The van der Waals surface area contributed by atoms with E-state index in [1.165, 1.54) is 0 Å². The number of amides is 1. The molecule has 1 aromatic rings. The van der Waals surface area contributed by atoms with Gasteiger partial charge in [-0.2, -0.15) is 18.4 Å². The Morgan fingerprint density at radius 3 is 2.37 bits per heavy atom. The van der Waals surface area contributed by atoms with E-state index in [9.17, 15) is 28.2 Å². The molecule has 0 spiro atoms. The molecule has 1 aromatic carbocycles. The normalized spacial score (nSPS) is 14.5. The molecular weight excluding hydrogens is 265 g/mol. The van der Waals surface area contributed by atoms with Crippen LogP contribution < -0.4 is 5.73 Å². The fourth-order valence-electron chi connectivity index (χ4n) is 1.41. The number of aliphatic hydroxyl groups excluding tert-OH is 2. The van der Waals surface area contributed by atoms with Crippen LogP contribution in [0.5, 0.6) is 0 Å². The number of carbonyl (C=O) groups excluding carboxylic acids is 1. The summed E-state index contributed by atoms with van der Waals surface area (Å²) >= 11 is 0. The molecule has 0 aliphatic heterocycles. The first-order valence-corrected chi connectivity index (χ1v) is 4.95. The van der Waals surface area contributed by atoms with Gasteiger partial charge in [0.25, 0.3) is 0 Å². The number of hydrogen-bond donors (Lipinski definition) is 3. The van der Waals surface area contributed by atoms with Crippen LogP contribution in [0.3, 0.4) is 0 Å². The van der Waals surface area contributed by atoms with Gasteiger partial charge in [0.05, 0.1) is 17.2 Å². The minimum atomic E-state index is -4.68. The maximum atomic E-state index is 12.5. The standard InChI is InChI=1S/C11H9F3N2O3/c12-11(13,14)6-2-1-5(4-15)7(3-6)8(17)9(18)10(16)19/h1-3,8-9,17-18H,(H2,16,19). The second-order valence-corrected chi connectivity index (χ2v) is 3.70. The second kappa shape index (κ2) is 5.26. The molecule has 0 bridgehead atoms. The van der Waals surface area contributed by atoms with Crippen LogP contribution >= 0.6 is 0 Å². The van der Waals surface area contributed by atoms with E-state index in [4.69, 9.17) is 11.0 Å². The van der Waals surface area contributed by atoms with E-state index >= 15 is 0 Å². The first kappa shape index (κ1) is 14.9. The number of rotatable bonds is 3. The molecule has 0 aromatic heterocycles. The van der Waals surface area contributed by atoms with Gasteiger partial charge in [-0.3, -0.25) is 4.79 Å². The van der Waals surface area contributed by atoms with Gasteiger partial charge in [-0.1, -0.05) is 0 Å². The van der Waals surface area contributed by atoms with E-state index in [1.54, 1.807) is 6.07 Å². The molecule has 1 rings (SSSR count). The van der Waals surface area contributed by atoms with Gasteiger partial charge >= 0.3 is 6.18 Å². The summed E-state index contributed by atoms with van der Waals surface area (Å²) < 4.78 is 37.5.